The highest BCUT2D eigenvalue weighted by atomic mass is 16.5. The standard InChI is InChI=1S/C50H55NO8/c1-57-45-21-29(14-18-43(45)54)13-16-33-23-32(53)24-39-38-27-46(58-2)44(55)26-37(38)40(49-35(10-4-6-12-47(56)59-33)34-9-3-5-11-42(34)51-49)22-30-28-50(19-7-8-20-50)41-25-31(52)15-17-36(41)48(30)39/h3,5,9,11,14,18,21-22,26-27,30-31,33,36,39,41,48,51-52,54-55H,7-8,10,12-13,15-17,19-20,23-25,28H2,1-2H3/t30-,31+,33+,36+,39+,41-,48-/m0/s1. The number of methoxy groups -OCH3 is 2. The maximum absolute atomic E-state index is 14.8. The first-order valence-electron chi connectivity index (χ1n) is 21.6. The average molecular weight is 798 g/mol. The molecule has 2 heterocycles. The molecule has 5 aliphatic rings. The number of benzene rings is 3. The van der Waals surface area contributed by atoms with Crippen LogP contribution in [0.25, 0.3) is 16.5 Å². The minimum atomic E-state index is -0.681. The number of fused-ring (bicyclic) bond motifs is 9. The lowest BCUT2D eigenvalue weighted by Crippen LogP contribution is -2.51. The van der Waals surface area contributed by atoms with Crippen LogP contribution in [0.1, 0.15) is 111 Å². The summed E-state index contributed by atoms with van der Waals surface area (Å²) in [5.74, 6) is 7.41. The molecule has 3 fully saturated rings. The van der Waals surface area contributed by atoms with Crippen LogP contribution in [0.15, 0.2) is 60.7 Å². The Bertz CT molecular complexity index is 2360. The fourth-order valence-corrected chi connectivity index (χ4v) is 12.2. The van der Waals surface area contributed by atoms with E-state index in [1.54, 1.807) is 19.2 Å². The monoisotopic (exact) mass is 797 g/mol. The largest absolute Gasteiger partial charge is 0.504 e. The van der Waals surface area contributed by atoms with Gasteiger partial charge in [0.2, 0.25) is 0 Å². The molecule has 4 aliphatic carbocycles. The van der Waals surface area contributed by atoms with Crippen LogP contribution in [-0.4, -0.2) is 58.5 Å². The van der Waals surface area contributed by atoms with E-state index in [1.807, 2.05) is 30.3 Å². The number of hydrogen-bond donors (Lipinski definition) is 4. The second-order valence-corrected chi connectivity index (χ2v) is 17.9. The molecule has 2 bridgehead atoms. The van der Waals surface area contributed by atoms with Crippen LogP contribution in [0.5, 0.6) is 23.0 Å². The molecule has 308 valence electrons. The number of aromatic amines is 1. The van der Waals surface area contributed by atoms with Crippen LogP contribution in [-0.2, 0) is 27.2 Å². The van der Waals surface area contributed by atoms with E-state index in [1.165, 1.54) is 20.0 Å². The Morgan fingerprint density at radius 1 is 0.915 bits per heavy atom. The number of rotatable bonds is 5. The number of phenols is 2. The van der Waals surface area contributed by atoms with Gasteiger partial charge >= 0.3 is 5.97 Å². The number of hydrogen-bond acceptors (Lipinski definition) is 8. The van der Waals surface area contributed by atoms with Crippen molar-refractivity contribution in [2.24, 2.45) is 29.1 Å². The smallest absolute Gasteiger partial charge is 0.318 e. The molecule has 0 radical (unpaired) electrons. The van der Waals surface area contributed by atoms with Gasteiger partial charge in [-0.3, -0.25) is 9.59 Å². The molecule has 3 saturated carbocycles. The predicted octanol–water partition coefficient (Wildman–Crippen LogP) is 8.94. The number of para-hydroxylation sites is 1. The number of allylic oxidation sites excluding steroid dienone is 1. The van der Waals surface area contributed by atoms with Gasteiger partial charge in [0, 0.05) is 35.7 Å². The van der Waals surface area contributed by atoms with Crippen molar-refractivity contribution < 1.29 is 39.1 Å². The summed E-state index contributed by atoms with van der Waals surface area (Å²) in [5.41, 5.74) is 6.85. The molecule has 1 aliphatic heterocycles. The van der Waals surface area contributed by atoms with Crippen molar-refractivity contribution >= 4 is 28.2 Å². The first kappa shape index (κ1) is 39.3. The van der Waals surface area contributed by atoms with E-state index in [0.29, 0.717) is 42.6 Å². The second kappa shape index (κ2) is 16.1. The number of aliphatic hydroxyl groups is 1. The molecule has 0 saturated heterocycles. The van der Waals surface area contributed by atoms with Crippen molar-refractivity contribution in [1.82, 2.24) is 4.98 Å². The SMILES string of the molecule is COc1cc(CC[C@@H]2CC(=O)C[C@@H]3c4cc(OC)c(O)cc4C(=C[C@H]4CC5(CCCC5)[C@H]5C[C@H](O)CC[C@H]5[C@@H]34)c3[nH]c4ccccc4c3CC#CCC(=O)O2)ccc1O. The van der Waals surface area contributed by atoms with Gasteiger partial charge in [0.1, 0.15) is 18.3 Å². The van der Waals surface area contributed by atoms with E-state index in [-0.39, 0.29) is 65.8 Å². The van der Waals surface area contributed by atoms with Crippen LogP contribution >= 0.6 is 0 Å². The molecule has 4 N–H and O–H groups in total. The third-order valence-corrected chi connectivity index (χ3v) is 14.7. The van der Waals surface area contributed by atoms with E-state index in [0.717, 1.165) is 82.9 Å². The third-order valence-electron chi connectivity index (χ3n) is 14.7. The number of nitrogens with one attached hydrogen (secondary N) is 1. The van der Waals surface area contributed by atoms with Crippen molar-refractivity contribution in [3.63, 3.8) is 0 Å². The number of ether oxygens (including phenoxy) is 3. The van der Waals surface area contributed by atoms with E-state index >= 15 is 0 Å². The normalized spacial score (nSPS) is 27.6. The molecule has 0 amide bonds. The van der Waals surface area contributed by atoms with Crippen molar-refractivity contribution in [2.45, 2.75) is 108 Å². The van der Waals surface area contributed by atoms with Crippen molar-refractivity contribution in [2.75, 3.05) is 14.2 Å². The van der Waals surface area contributed by atoms with Gasteiger partial charge in [-0.15, -0.1) is 0 Å². The number of aromatic hydroxyl groups is 2. The molecular formula is C50H55NO8. The Morgan fingerprint density at radius 2 is 1.69 bits per heavy atom. The maximum Gasteiger partial charge on any atom is 0.318 e. The maximum atomic E-state index is 14.8. The Hall–Kier alpha value is -5.20. The molecule has 9 rings (SSSR count). The highest BCUT2D eigenvalue weighted by Gasteiger charge is 2.57. The molecule has 9 heteroatoms. The molecule has 1 aromatic heterocycles. The summed E-state index contributed by atoms with van der Waals surface area (Å²) >= 11 is 0. The number of H-pyrrole nitrogens is 1. The van der Waals surface area contributed by atoms with Crippen molar-refractivity contribution in [3.05, 3.63) is 88.6 Å². The Morgan fingerprint density at radius 3 is 2.51 bits per heavy atom. The first-order chi connectivity index (χ1) is 28.6. The highest BCUT2D eigenvalue weighted by molar-refractivity contribution is 5.94. The molecule has 1 spiro atoms. The molecular weight excluding hydrogens is 743 g/mol. The highest BCUT2D eigenvalue weighted by Crippen LogP contribution is 2.65. The van der Waals surface area contributed by atoms with Crippen LogP contribution in [0.3, 0.4) is 0 Å². The fraction of sp³-hybridized carbons (Fsp3) is 0.480. The van der Waals surface area contributed by atoms with Gasteiger partial charge in [-0.1, -0.05) is 55.0 Å². The molecule has 0 unspecified atom stereocenters. The van der Waals surface area contributed by atoms with Crippen molar-refractivity contribution in [1.29, 1.82) is 0 Å². The van der Waals surface area contributed by atoms with Gasteiger partial charge < -0.3 is 34.5 Å². The lowest BCUT2D eigenvalue weighted by molar-refractivity contribution is -0.149. The van der Waals surface area contributed by atoms with Gasteiger partial charge in [0.15, 0.2) is 23.0 Å². The number of aliphatic hydroxyl groups excluding tert-OH is 1. The molecule has 9 nitrogen and oxygen atoms in total. The first-order valence-corrected chi connectivity index (χ1v) is 21.6. The average Bonchev–Trinajstić information content (AvgIpc) is 3.82. The minimum Gasteiger partial charge on any atom is -0.504 e. The van der Waals surface area contributed by atoms with Crippen LogP contribution in [0.2, 0.25) is 0 Å². The summed E-state index contributed by atoms with van der Waals surface area (Å²) < 4.78 is 17.3. The third kappa shape index (κ3) is 7.39. The lowest BCUT2D eigenvalue weighted by Gasteiger charge is -2.57. The van der Waals surface area contributed by atoms with Crippen LogP contribution < -0.4 is 9.47 Å². The zero-order valence-electron chi connectivity index (χ0n) is 34.1. The Kier molecular flexibility index (Phi) is 10.7. The molecule has 59 heavy (non-hydrogen) atoms. The number of carbonyl (C=O) groups is 2. The fourth-order valence-electron chi connectivity index (χ4n) is 12.2. The van der Waals surface area contributed by atoms with E-state index < -0.39 is 12.1 Å². The predicted molar refractivity (Wildman–Crippen MR) is 225 cm³/mol. The molecule has 3 aromatic carbocycles. The number of esters is 1. The Balaban J connectivity index is 1.21. The number of Topliss-reactive ketones (excluding diaryl/α,β-unsaturated/α-hetero) is 1. The zero-order chi connectivity index (χ0) is 40.8. The second-order valence-electron chi connectivity index (χ2n) is 17.9. The topological polar surface area (TPSA) is 138 Å². The van der Waals surface area contributed by atoms with Crippen molar-refractivity contribution in [3.8, 4) is 34.8 Å². The number of carbonyl (C=O) groups excluding carboxylic acids is 2. The lowest BCUT2D eigenvalue weighted by atomic mass is 9.48. The summed E-state index contributed by atoms with van der Waals surface area (Å²) in [6.07, 6.45) is 11.1. The van der Waals surface area contributed by atoms with Crippen LogP contribution in [0.4, 0.5) is 0 Å². The summed E-state index contributed by atoms with van der Waals surface area (Å²) in [4.78, 5) is 32.0. The van der Waals surface area contributed by atoms with E-state index in [9.17, 15) is 24.9 Å². The summed E-state index contributed by atoms with van der Waals surface area (Å²) in [5, 5.41) is 34.0. The van der Waals surface area contributed by atoms with E-state index in [4.69, 9.17) is 14.2 Å². The molecule has 7 atom stereocenters. The van der Waals surface area contributed by atoms with Crippen LogP contribution in [0, 0.1) is 40.9 Å². The molecule has 4 aromatic rings. The minimum absolute atomic E-state index is 0.00862. The quantitative estimate of drug-likeness (QED) is 0.116. The van der Waals surface area contributed by atoms with Gasteiger partial charge in [-0.25, -0.2) is 0 Å². The summed E-state index contributed by atoms with van der Waals surface area (Å²) in [6.45, 7) is 0. The zero-order valence-corrected chi connectivity index (χ0v) is 34.1. The summed E-state index contributed by atoms with van der Waals surface area (Å²) in [7, 11) is 3.07. The van der Waals surface area contributed by atoms with Gasteiger partial charge in [0.05, 0.1) is 26.0 Å². The van der Waals surface area contributed by atoms with Gasteiger partial charge in [-0.05, 0) is 139 Å². The number of aryl methyl sites for hydroxylation is 1. The number of ketones is 1. The van der Waals surface area contributed by atoms with E-state index in [2.05, 4.69) is 35.0 Å². The van der Waals surface area contributed by atoms with Gasteiger partial charge in [-0.2, -0.15) is 0 Å². The van der Waals surface area contributed by atoms with Gasteiger partial charge in [0.25, 0.3) is 0 Å². The summed E-state index contributed by atoms with van der Waals surface area (Å²) in [6, 6.07) is 17.2. The number of aromatic nitrogens is 1. The number of phenolic OH excluding ortho intramolecular Hbond substituents is 2. The number of cyclic esters (lactones) is 1. The Labute approximate surface area is 346 Å².